The molecule has 3 N–H and O–H groups in total. The van der Waals surface area contributed by atoms with Gasteiger partial charge in [0.1, 0.15) is 0 Å². The van der Waals surface area contributed by atoms with E-state index < -0.39 is 0 Å². The van der Waals surface area contributed by atoms with Gasteiger partial charge in [0.2, 0.25) is 0 Å². The molecule has 3 unspecified atom stereocenters. The Labute approximate surface area is 121 Å². The summed E-state index contributed by atoms with van der Waals surface area (Å²) in [5.41, 5.74) is 1.26. The maximum atomic E-state index is 9.78. The zero-order chi connectivity index (χ0) is 14.3. The van der Waals surface area contributed by atoms with Gasteiger partial charge in [0.15, 0.2) is 0 Å². The van der Waals surface area contributed by atoms with Crippen LogP contribution in [0.2, 0.25) is 0 Å². The Morgan fingerprint density at radius 3 is 2.32 bits per heavy atom. The van der Waals surface area contributed by atoms with Crippen LogP contribution in [0.1, 0.15) is 30.7 Å². The molecule has 0 radical (unpaired) electrons. The molecule has 3 atom stereocenters. The fourth-order valence-corrected chi connectivity index (χ4v) is 2.82. The number of benzene rings is 1. The monoisotopic (exact) mass is 330 g/mol. The topological polar surface area (TPSA) is 77.8 Å². The zero-order valence-corrected chi connectivity index (χ0v) is 12.2. The minimum Gasteiger partial charge on any atom is -0.483 e. The van der Waals surface area contributed by atoms with Crippen molar-refractivity contribution in [3.63, 3.8) is 0 Å². The number of hydrogen-bond acceptors (Lipinski definition) is 3. The first kappa shape index (κ1) is 16.1. The molecule has 0 heterocycles. The van der Waals surface area contributed by atoms with Crippen LogP contribution in [-0.4, -0.2) is 34.5 Å². The van der Waals surface area contributed by atoms with Crippen LogP contribution < -0.4 is 0 Å². The van der Waals surface area contributed by atoms with Gasteiger partial charge in [-0.25, -0.2) is 0 Å². The predicted octanol–water partition coefficient (Wildman–Crippen LogP) is 2.39. The maximum absolute atomic E-state index is 9.78. The minimum atomic E-state index is -0.264. The first-order valence-electron chi connectivity index (χ1n) is 6.23. The third-order valence-corrected chi connectivity index (χ3v) is 3.91. The van der Waals surface area contributed by atoms with Gasteiger partial charge in [-0.05, 0) is 48.8 Å². The Balaban J connectivity index is 0.000000550. The van der Waals surface area contributed by atoms with Crippen LogP contribution in [0.4, 0.5) is 0 Å². The van der Waals surface area contributed by atoms with Gasteiger partial charge < -0.3 is 15.3 Å². The van der Waals surface area contributed by atoms with Gasteiger partial charge in [-0.15, -0.1) is 0 Å². The number of aliphatic hydroxyl groups excluding tert-OH is 2. The van der Waals surface area contributed by atoms with Gasteiger partial charge in [-0.1, -0.05) is 28.1 Å². The molecular formula is C14H19BrO4. The fraction of sp³-hybridized carbons (Fsp3) is 0.500. The molecule has 1 aliphatic rings. The molecule has 1 aromatic carbocycles. The van der Waals surface area contributed by atoms with Crippen molar-refractivity contribution in [3.8, 4) is 0 Å². The highest BCUT2D eigenvalue weighted by Gasteiger charge is 2.28. The van der Waals surface area contributed by atoms with Crippen LogP contribution in [-0.2, 0) is 4.79 Å². The fourth-order valence-electron chi connectivity index (χ4n) is 2.56. The van der Waals surface area contributed by atoms with Crippen LogP contribution in [0.25, 0.3) is 0 Å². The Morgan fingerprint density at radius 1 is 1.21 bits per heavy atom. The molecule has 19 heavy (non-hydrogen) atoms. The van der Waals surface area contributed by atoms with E-state index in [2.05, 4.69) is 28.1 Å². The van der Waals surface area contributed by atoms with E-state index in [1.54, 1.807) is 0 Å². The summed E-state index contributed by atoms with van der Waals surface area (Å²) in [6.45, 7) is -0.0654. The molecule has 0 spiro atoms. The van der Waals surface area contributed by atoms with E-state index in [0.717, 1.165) is 23.7 Å². The van der Waals surface area contributed by atoms with Crippen LogP contribution in [0.5, 0.6) is 0 Å². The third-order valence-electron chi connectivity index (χ3n) is 3.38. The summed E-state index contributed by atoms with van der Waals surface area (Å²) in [4.78, 5) is 8.36. The molecule has 5 heteroatoms. The molecule has 2 rings (SSSR count). The van der Waals surface area contributed by atoms with E-state index in [9.17, 15) is 10.2 Å². The molecule has 1 fully saturated rings. The van der Waals surface area contributed by atoms with E-state index in [1.807, 2.05) is 12.1 Å². The first-order chi connectivity index (χ1) is 9.10. The van der Waals surface area contributed by atoms with E-state index in [-0.39, 0.29) is 25.1 Å². The predicted molar refractivity (Wildman–Crippen MR) is 76.0 cm³/mol. The number of hydrogen-bond donors (Lipinski definition) is 3. The second-order valence-electron chi connectivity index (χ2n) is 4.76. The molecule has 1 aliphatic carbocycles. The van der Waals surface area contributed by atoms with Gasteiger partial charge in [-0.3, -0.25) is 4.79 Å². The van der Waals surface area contributed by atoms with E-state index >= 15 is 0 Å². The molecular weight excluding hydrogens is 312 g/mol. The summed E-state index contributed by atoms with van der Waals surface area (Å²) < 4.78 is 1.08. The average Bonchev–Trinajstić information content (AvgIpc) is 2.39. The van der Waals surface area contributed by atoms with Gasteiger partial charge >= 0.3 is 0 Å². The molecule has 0 bridgehead atoms. The SMILES string of the molecule is O=CO.OCC1CC(O)CC(c2ccc(Br)cc2)C1. The second kappa shape index (κ2) is 8.30. The van der Waals surface area contributed by atoms with Crippen molar-refractivity contribution in [1.82, 2.24) is 0 Å². The number of carbonyl (C=O) groups is 1. The number of rotatable bonds is 2. The van der Waals surface area contributed by atoms with Crippen LogP contribution in [0.3, 0.4) is 0 Å². The lowest BCUT2D eigenvalue weighted by molar-refractivity contribution is -0.122. The lowest BCUT2D eigenvalue weighted by Gasteiger charge is -2.31. The molecule has 0 saturated heterocycles. The Bertz CT molecular complexity index is 380. The van der Waals surface area contributed by atoms with Crippen LogP contribution >= 0.6 is 15.9 Å². The van der Waals surface area contributed by atoms with Crippen molar-refractivity contribution in [1.29, 1.82) is 0 Å². The summed E-state index contributed by atoms with van der Waals surface area (Å²) in [6, 6.07) is 8.26. The summed E-state index contributed by atoms with van der Waals surface area (Å²) in [7, 11) is 0. The van der Waals surface area contributed by atoms with E-state index in [4.69, 9.17) is 9.90 Å². The largest absolute Gasteiger partial charge is 0.483 e. The lowest BCUT2D eigenvalue weighted by Crippen LogP contribution is -2.27. The molecule has 4 nitrogen and oxygen atoms in total. The molecule has 1 aromatic rings. The van der Waals surface area contributed by atoms with Crippen molar-refractivity contribution in [2.45, 2.75) is 31.3 Å². The summed E-state index contributed by atoms with van der Waals surface area (Å²) in [5, 5.41) is 25.9. The number of aliphatic hydroxyl groups is 2. The van der Waals surface area contributed by atoms with Crippen molar-refractivity contribution in [2.75, 3.05) is 6.61 Å². The van der Waals surface area contributed by atoms with Crippen molar-refractivity contribution >= 4 is 22.4 Å². The van der Waals surface area contributed by atoms with Gasteiger partial charge in [-0.2, -0.15) is 0 Å². The average molecular weight is 331 g/mol. The van der Waals surface area contributed by atoms with Crippen LogP contribution in [0.15, 0.2) is 28.7 Å². The lowest BCUT2D eigenvalue weighted by atomic mass is 9.77. The highest BCUT2D eigenvalue weighted by molar-refractivity contribution is 9.10. The maximum Gasteiger partial charge on any atom is 0.290 e. The van der Waals surface area contributed by atoms with Gasteiger partial charge in [0.25, 0.3) is 6.47 Å². The van der Waals surface area contributed by atoms with Crippen molar-refractivity contribution in [2.24, 2.45) is 5.92 Å². The van der Waals surface area contributed by atoms with Gasteiger partial charge in [0, 0.05) is 11.1 Å². The first-order valence-corrected chi connectivity index (χ1v) is 7.02. The van der Waals surface area contributed by atoms with Gasteiger partial charge in [0.05, 0.1) is 6.10 Å². The normalized spacial score (nSPS) is 26.2. The Kier molecular flexibility index (Phi) is 7.05. The minimum absolute atomic E-state index is 0.185. The number of halogens is 1. The molecule has 0 amide bonds. The molecule has 0 aliphatic heterocycles. The summed E-state index contributed by atoms with van der Waals surface area (Å²) >= 11 is 3.42. The second-order valence-corrected chi connectivity index (χ2v) is 5.68. The summed E-state index contributed by atoms with van der Waals surface area (Å²) in [6.07, 6.45) is 2.27. The third kappa shape index (κ3) is 5.30. The van der Waals surface area contributed by atoms with Crippen LogP contribution in [0, 0.1) is 5.92 Å². The standard InChI is InChI=1S/C13H17BrO2.CH2O2/c14-12-3-1-10(2-4-12)11-5-9(8-15)6-13(16)7-11;2-1-3/h1-4,9,11,13,15-16H,5-8H2;1H,(H,2,3). The van der Waals surface area contributed by atoms with Crippen molar-refractivity contribution < 1.29 is 20.1 Å². The highest BCUT2D eigenvalue weighted by Crippen LogP contribution is 2.36. The smallest absolute Gasteiger partial charge is 0.290 e. The van der Waals surface area contributed by atoms with E-state index in [1.165, 1.54) is 5.56 Å². The Morgan fingerprint density at radius 2 is 1.79 bits per heavy atom. The molecule has 0 aromatic heterocycles. The highest BCUT2D eigenvalue weighted by atomic mass is 79.9. The summed E-state index contributed by atoms with van der Waals surface area (Å²) in [5.74, 6) is 0.631. The quantitative estimate of drug-likeness (QED) is 0.727. The Hall–Kier alpha value is -0.910. The number of carboxylic acid groups (broad SMARTS) is 1. The van der Waals surface area contributed by atoms with E-state index in [0.29, 0.717) is 5.92 Å². The molecule has 106 valence electrons. The van der Waals surface area contributed by atoms with Crippen molar-refractivity contribution in [3.05, 3.63) is 34.3 Å². The zero-order valence-electron chi connectivity index (χ0n) is 10.6. The molecule has 1 saturated carbocycles.